The summed E-state index contributed by atoms with van der Waals surface area (Å²) in [6.45, 7) is -1.05. The van der Waals surface area contributed by atoms with E-state index in [2.05, 4.69) is 9.73 Å². The summed E-state index contributed by atoms with van der Waals surface area (Å²) in [5.41, 5.74) is 2.15. The van der Waals surface area contributed by atoms with Crippen molar-refractivity contribution in [3.63, 3.8) is 0 Å². The van der Waals surface area contributed by atoms with Gasteiger partial charge in [0.1, 0.15) is 11.5 Å². The van der Waals surface area contributed by atoms with Crippen molar-refractivity contribution in [2.45, 2.75) is 13.5 Å². The third-order valence-corrected chi connectivity index (χ3v) is 3.65. The smallest absolute Gasteiger partial charge is 0.387 e. The molecule has 0 atom stereocenters. The Bertz CT molecular complexity index is 906. The van der Waals surface area contributed by atoms with E-state index in [1.165, 1.54) is 18.2 Å². The summed E-state index contributed by atoms with van der Waals surface area (Å²) in [5.74, 6) is 0.112. The molecule has 0 aromatic heterocycles. The molecule has 0 N–H and O–H groups in total. The van der Waals surface area contributed by atoms with E-state index in [1.54, 1.807) is 31.4 Å². The number of aryl methyl sites for hydroxylation is 1. The molecule has 0 radical (unpaired) electrons. The molecule has 5 nitrogen and oxygen atoms in total. The molecule has 0 amide bonds. The van der Waals surface area contributed by atoms with E-state index in [0.717, 1.165) is 16.9 Å². The first kappa shape index (κ1) is 17.6. The number of hydrogen-bond acceptors (Lipinski definition) is 5. The fourth-order valence-electron chi connectivity index (χ4n) is 2.49. The van der Waals surface area contributed by atoms with E-state index in [-0.39, 0.29) is 17.3 Å². The Balaban J connectivity index is 1.88. The summed E-state index contributed by atoms with van der Waals surface area (Å²) in [5, 5.41) is 0. The molecule has 134 valence electrons. The molecule has 0 unspecified atom stereocenters. The molecule has 0 spiro atoms. The van der Waals surface area contributed by atoms with Crippen LogP contribution in [0.4, 0.5) is 8.78 Å². The summed E-state index contributed by atoms with van der Waals surface area (Å²) in [6, 6.07) is 11.2. The molecule has 1 aliphatic rings. The SMILES string of the molecule is COc1ccc(/C=C2/N=C(c3cccc(OC(F)F)c3)OC2=O)cc1C. The predicted octanol–water partition coefficient (Wildman–Crippen LogP) is 3.95. The zero-order chi connectivity index (χ0) is 18.7. The molecule has 7 heteroatoms. The van der Waals surface area contributed by atoms with Crippen LogP contribution in [0.3, 0.4) is 0 Å². The van der Waals surface area contributed by atoms with E-state index in [0.29, 0.717) is 5.56 Å². The van der Waals surface area contributed by atoms with Crippen LogP contribution in [0, 0.1) is 6.92 Å². The van der Waals surface area contributed by atoms with Gasteiger partial charge in [-0.2, -0.15) is 8.78 Å². The number of ether oxygens (including phenoxy) is 3. The first-order chi connectivity index (χ1) is 12.5. The third kappa shape index (κ3) is 3.88. The van der Waals surface area contributed by atoms with Gasteiger partial charge in [-0.3, -0.25) is 0 Å². The summed E-state index contributed by atoms with van der Waals surface area (Å²) < 4.78 is 39.3. The number of carbonyl (C=O) groups excluding carboxylic acids is 1. The van der Waals surface area contributed by atoms with Crippen molar-refractivity contribution in [2.24, 2.45) is 4.99 Å². The van der Waals surface area contributed by atoms with Crippen molar-refractivity contribution < 1.29 is 27.8 Å². The topological polar surface area (TPSA) is 57.1 Å². The lowest BCUT2D eigenvalue weighted by molar-refractivity contribution is -0.129. The second-order valence-electron chi connectivity index (χ2n) is 5.47. The van der Waals surface area contributed by atoms with Crippen LogP contribution < -0.4 is 9.47 Å². The highest BCUT2D eigenvalue weighted by molar-refractivity contribution is 6.13. The van der Waals surface area contributed by atoms with Crippen molar-refractivity contribution in [3.05, 3.63) is 64.9 Å². The Hall–Kier alpha value is -3.22. The number of benzene rings is 2. The minimum absolute atomic E-state index is 0.0335. The van der Waals surface area contributed by atoms with Gasteiger partial charge in [0.05, 0.1) is 7.11 Å². The monoisotopic (exact) mass is 359 g/mol. The summed E-state index contributed by atoms with van der Waals surface area (Å²) in [6.07, 6.45) is 1.58. The van der Waals surface area contributed by atoms with Gasteiger partial charge in [-0.25, -0.2) is 9.79 Å². The highest BCUT2D eigenvalue weighted by atomic mass is 19.3. The van der Waals surface area contributed by atoms with Gasteiger partial charge in [-0.05, 0) is 54.5 Å². The summed E-state index contributed by atoms with van der Waals surface area (Å²) in [4.78, 5) is 16.2. The average Bonchev–Trinajstić information content (AvgIpc) is 2.95. The number of cyclic esters (lactones) is 1. The van der Waals surface area contributed by atoms with Crippen LogP contribution >= 0.6 is 0 Å². The molecular formula is C19H15F2NO4. The van der Waals surface area contributed by atoms with Crippen LogP contribution in [0.15, 0.2) is 53.2 Å². The molecule has 26 heavy (non-hydrogen) atoms. The molecule has 2 aromatic rings. The molecular weight excluding hydrogens is 344 g/mol. The highest BCUT2D eigenvalue weighted by Crippen LogP contribution is 2.24. The second kappa shape index (κ2) is 7.35. The largest absolute Gasteiger partial charge is 0.496 e. The maximum absolute atomic E-state index is 12.3. The maximum Gasteiger partial charge on any atom is 0.387 e. The quantitative estimate of drug-likeness (QED) is 0.599. The number of hydrogen-bond donors (Lipinski definition) is 0. The Labute approximate surface area is 148 Å². The zero-order valence-electron chi connectivity index (χ0n) is 14.0. The maximum atomic E-state index is 12.3. The van der Waals surface area contributed by atoms with Gasteiger partial charge in [0.15, 0.2) is 5.70 Å². The van der Waals surface area contributed by atoms with E-state index < -0.39 is 12.6 Å². The lowest BCUT2D eigenvalue weighted by atomic mass is 10.1. The molecule has 0 fully saturated rings. The van der Waals surface area contributed by atoms with Crippen molar-refractivity contribution in [2.75, 3.05) is 7.11 Å². The first-order valence-electron chi connectivity index (χ1n) is 7.68. The lowest BCUT2D eigenvalue weighted by Crippen LogP contribution is -2.07. The zero-order valence-corrected chi connectivity index (χ0v) is 14.0. The van der Waals surface area contributed by atoms with E-state index >= 15 is 0 Å². The van der Waals surface area contributed by atoms with Crippen LogP contribution in [0.1, 0.15) is 16.7 Å². The number of rotatable bonds is 5. The van der Waals surface area contributed by atoms with Crippen LogP contribution in [-0.4, -0.2) is 25.6 Å². The van der Waals surface area contributed by atoms with E-state index in [4.69, 9.17) is 9.47 Å². The summed E-state index contributed by atoms with van der Waals surface area (Å²) in [7, 11) is 1.58. The number of methoxy groups -OCH3 is 1. The normalized spacial score (nSPS) is 15.2. The fraction of sp³-hybridized carbons (Fsp3) is 0.158. The fourth-order valence-corrected chi connectivity index (χ4v) is 2.49. The Morgan fingerprint density at radius 2 is 2.00 bits per heavy atom. The third-order valence-electron chi connectivity index (χ3n) is 3.65. The van der Waals surface area contributed by atoms with E-state index in [9.17, 15) is 13.6 Å². The van der Waals surface area contributed by atoms with E-state index in [1.807, 2.05) is 13.0 Å². The number of aliphatic imine (C=N–C) groups is 1. The molecule has 3 rings (SSSR count). The molecule has 1 aliphatic heterocycles. The Kier molecular flexibility index (Phi) is 4.97. The Morgan fingerprint density at radius 1 is 1.19 bits per heavy atom. The van der Waals surface area contributed by atoms with Crippen LogP contribution in [0.5, 0.6) is 11.5 Å². The van der Waals surface area contributed by atoms with Crippen LogP contribution in [-0.2, 0) is 9.53 Å². The second-order valence-corrected chi connectivity index (χ2v) is 5.47. The summed E-state index contributed by atoms with van der Waals surface area (Å²) >= 11 is 0. The molecule has 0 bridgehead atoms. The molecule has 2 aromatic carbocycles. The minimum atomic E-state index is -2.94. The van der Waals surface area contributed by atoms with Crippen LogP contribution in [0.25, 0.3) is 6.08 Å². The lowest BCUT2D eigenvalue weighted by Gasteiger charge is -2.05. The van der Waals surface area contributed by atoms with Gasteiger partial charge >= 0.3 is 12.6 Å². The number of esters is 1. The van der Waals surface area contributed by atoms with Crippen molar-refractivity contribution in [1.29, 1.82) is 0 Å². The van der Waals surface area contributed by atoms with Gasteiger partial charge in [0, 0.05) is 5.56 Å². The molecule has 0 saturated heterocycles. The molecule has 0 aliphatic carbocycles. The Morgan fingerprint density at radius 3 is 2.69 bits per heavy atom. The predicted molar refractivity (Wildman–Crippen MR) is 91.4 cm³/mol. The number of nitrogens with zero attached hydrogens (tertiary/aromatic N) is 1. The number of alkyl halides is 2. The van der Waals surface area contributed by atoms with Crippen LogP contribution in [0.2, 0.25) is 0 Å². The molecule has 0 saturated carbocycles. The van der Waals surface area contributed by atoms with Crippen molar-refractivity contribution >= 4 is 17.9 Å². The molecule has 1 heterocycles. The van der Waals surface area contributed by atoms with Gasteiger partial charge < -0.3 is 14.2 Å². The average molecular weight is 359 g/mol. The highest BCUT2D eigenvalue weighted by Gasteiger charge is 2.24. The standard InChI is InChI=1S/C19H15F2NO4/c1-11-8-12(6-7-16(11)24-2)9-15-18(23)26-17(22-15)13-4-3-5-14(10-13)25-19(20)21/h3-10,19H,1-2H3/b15-9+. The van der Waals surface area contributed by atoms with Gasteiger partial charge in [0.25, 0.3) is 0 Å². The van der Waals surface area contributed by atoms with Gasteiger partial charge in [-0.1, -0.05) is 12.1 Å². The minimum Gasteiger partial charge on any atom is -0.496 e. The van der Waals surface area contributed by atoms with Crippen molar-refractivity contribution in [1.82, 2.24) is 0 Å². The number of halogens is 2. The number of carbonyl (C=O) groups is 1. The first-order valence-corrected chi connectivity index (χ1v) is 7.68. The van der Waals surface area contributed by atoms with Crippen molar-refractivity contribution in [3.8, 4) is 11.5 Å². The van der Waals surface area contributed by atoms with Gasteiger partial charge in [-0.15, -0.1) is 0 Å². The van der Waals surface area contributed by atoms with Gasteiger partial charge in [0.2, 0.25) is 5.90 Å².